The van der Waals surface area contributed by atoms with Crippen LogP contribution in [0.5, 0.6) is 5.75 Å². The zero-order valence-corrected chi connectivity index (χ0v) is 21.1. The fraction of sp³-hybridized carbons (Fsp3) is 0.464. The van der Waals surface area contributed by atoms with Gasteiger partial charge in [-0.3, -0.25) is 14.4 Å². The molecule has 0 aromatic heterocycles. The molecule has 0 spiro atoms. The minimum atomic E-state index is -1.23. The number of ether oxygens (including phenoxy) is 1. The summed E-state index contributed by atoms with van der Waals surface area (Å²) >= 11 is 0. The molecule has 0 bridgehead atoms. The van der Waals surface area contributed by atoms with Gasteiger partial charge in [0.2, 0.25) is 5.78 Å². The van der Waals surface area contributed by atoms with Crippen LogP contribution in [0.4, 0.5) is 4.39 Å². The van der Waals surface area contributed by atoms with Gasteiger partial charge in [-0.1, -0.05) is 51.5 Å². The van der Waals surface area contributed by atoms with E-state index in [9.17, 15) is 18.8 Å². The lowest BCUT2D eigenvalue weighted by molar-refractivity contribution is -0.140. The van der Waals surface area contributed by atoms with Gasteiger partial charge in [-0.15, -0.1) is 0 Å². The average molecular weight is 483 g/mol. The van der Waals surface area contributed by atoms with Crippen molar-refractivity contribution in [1.82, 2.24) is 9.80 Å². The predicted octanol–water partition coefficient (Wildman–Crippen LogP) is 4.61. The maximum absolute atomic E-state index is 14.2. The van der Waals surface area contributed by atoms with Crippen LogP contribution in [0.3, 0.4) is 0 Å². The van der Waals surface area contributed by atoms with E-state index in [1.54, 1.807) is 31.2 Å². The topological polar surface area (TPSA) is 66.9 Å². The number of Topliss-reactive ketones (excluding diaryl/α,β-unsaturated/α-hetero) is 2. The number of hydrogen-bond donors (Lipinski definition) is 0. The lowest BCUT2D eigenvalue weighted by atomic mass is 9.86. The van der Waals surface area contributed by atoms with Crippen molar-refractivity contribution in [3.63, 3.8) is 0 Å². The summed E-state index contributed by atoms with van der Waals surface area (Å²) in [7, 11) is 0. The summed E-state index contributed by atoms with van der Waals surface area (Å²) in [4.78, 5) is 43.4. The van der Waals surface area contributed by atoms with E-state index in [1.807, 2.05) is 13.8 Å². The van der Waals surface area contributed by atoms with Crippen molar-refractivity contribution in [3.8, 4) is 5.75 Å². The summed E-state index contributed by atoms with van der Waals surface area (Å²) in [5, 5.41) is 0. The number of nitrogens with zero attached hydrogens (tertiary/aromatic N) is 2. The maximum Gasteiger partial charge on any atom is 0.291 e. The molecular weight excluding hydrogens is 447 g/mol. The van der Waals surface area contributed by atoms with E-state index in [-0.39, 0.29) is 5.56 Å². The molecule has 1 heterocycles. The lowest BCUT2D eigenvalue weighted by Gasteiger charge is -2.29. The quantitative estimate of drug-likeness (QED) is 0.191. The van der Waals surface area contributed by atoms with Gasteiger partial charge in [0.25, 0.3) is 5.91 Å². The first kappa shape index (κ1) is 26.5. The highest BCUT2D eigenvalue weighted by Crippen LogP contribution is 2.38. The summed E-state index contributed by atoms with van der Waals surface area (Å²) < 4.78 is 20.0. The summed E-state index contributed by atoms with van der Waals surface area (Å²) in [6.45, 7) is 10.9. The Balaban J connectivity index is 1.96. The number of carbonyl (C=O) groups excluding carboxylic acids is 3. The standard InChI is InChI=1S/C28H35FN2O4/c1-5-8-17-35-22-13-11-20(12-14-22)25-24(26(32)21-10-9-19(4)23(29)18-21)27(33)28(34)31(25)16-15-30(6-2)7-3/h9-14,18,24-25H,5-8,15-17H2,1-4H3. The van der Waals surface area contributed by atoms with Crippen LogP contribution in [0, 0.1) is 18.7 Å². The van der Waals surface area contributed by atoms with Crippen molar-refractivity contribution in [3.05, 3.63) is 65.0 Å². The van der Waals surface area contributed by atoms with Crippen LogP contribution >= 0.6 is 0 Å². The van der Waals surface area contributed by atoms with Crippen molar-refractivity contribution in [2.24, 2.45) is 5.92 Å². The van der Waals surface area contributed by atoms with E-state index in [1.165, 1.54) is 17.0 Å². The van der Waals surface area contributed by atoms with Gasteiger partial charge in [-0.25, -0.2) is 4.39 Å². The van der Waals surface area contributed by atoms with Crippen LogP contribution in [-0.2, 0) is 9.59 Å². The zero-order valence-electron chi connectivity index (χ0n) is 21.1. The van der Waals surface area contributed by atoms with Gasteiger partial charge >= 0.3 is 0 Å². The number of likely N-dealkylation sites (N-methyl/N-ethyl adjacent to an activating group) is 1. The van der Waals surface area contributed by atoms with Gasteiger partial charge in [0.05, 0.1) is 12.6 Å². The van der Waals surface area contributed by atoms with Gasteiger partial charge in [-0.2, -0.15) is 0 Å². The molecule has 2 unspecified atom stereocenters. The van der Waals surface area contributed by atoms with Gasteiger partial charge in [0, 0.05) is 18.7 Å². The fourth-order valence-electron chi connectivity index (χ4n) is 4.41. The Labute approximate surface area is 207 Å². The third-order valence-electron chi connectivity index (χ3n) is 6.68. The monoisotopic (exact) mass is 482 g/mol. The molecule has 35 heavy (non-hydrogen) atoms. The summed E-state index contributed by atoms with van der Waals surface area (Å²) in [5.41, 5.74) is 1.18. The minimum absolute atomic E-state index is 0.0920. The number of hydrogen-bond acceptors (Lipinski definition) is 5. The number of aryl methyl sites for hydroxylation is 1. The van der Waals surface area contributed by atoms with Crippen molar-refractivity contribution in [2.45, 2.75) is 46.6 Å². The Morgan fingerprint density at radius 2 is 1.74 bits per heavy atom. The Morgan fingerprint density at radius 1 is 1.06 bits per heavy atom. The molecule has 0 aliphatic carbocycles. The number of benzene rings is 2. The second-order valence-corrected chi connectivity index (χ2v) is 8.91. The minimum Gasteiger partial charge on any atom is -0.494 e. The Morgan fingerprint density at radius 3 is 2.34 bits per heavy atom. The molecule has 0 saturated carbocycles. The van der Waals surface area contributed by atoms with E-state index in [2.05, 4.69) is 11.8 Å². The molecule has 3 rings (SSSR count). The summed E-state index contributed by atoms with van der Waals surface area (Å²) in [6.07, 6.45) is 1.96. The Bertz CT molecular complexity index is 1050. The van der Waals surface area contributed by atoms with Crippen LogP contribution in [0.1, 0.15) is 61.1 Å². The lowest BCUT2D eigenvalue weighted by Crippen LogP contribution is -2.38. The highest BCUT2D eigenvalue weighted by molar-refractivity contribution is 6.44. The molecule has 2 aromatic rings. The van der Waals surface area contributed by atoms with Crippen molar-refractivity contribution < 1.29 is 23.5 Å². The zero-order chi connectivity index (χ0) is 25.5. The molecular formula is C28H35FN2O4. The molecule has 2 atom stereocenters. The largest absolute Gasteiger partial charge is 0.494 e. The van der Waals surface area contributed by atoms with Gasteiger partial charge in [0.15, 0.2) is 5.78 Å². The number of halogens is 1. The number of rotatable bonds is 12. The first-order valence-corrected chi connectivity index (χ1v) is 12.4. The van der Waals surface area contributed by atoms with Crippen molar-refractivity contribution in [2.75, 3.05) is 32.8 Å². The molecule has 0 radical (unpaired) electrons. The van der Waals surface area contributed by atoms with Crippen LogP contribution < -0.4 is 4.74 Å². The van der Waals surface area contributed by atoms with Crippen LogP contribution in [0.25, 0.3) is 0 Å². The molecule has 6 nitrogen and oxygen atoms in total. The van der Waals surface area contributed by atoms with E-state index < -0.39 is 35.3 Å². The van der Waals surface area contributed by atoms with Crippen LogP contribution in [-0.4, -0.2) is 60.1 Å². The van der Waals surface area contributed by atoms with E-state index in [0.717, 1.165) is 32.0 Å². The second-order valence-electron chi connectivity index (χ2n) is 8.91. The van der Waals surface area contributed by atoms with Gasteiger partial charge < -0.3 is 14.5 Å². The summed E-state index contributed by atoms with van der Waals surface area (Å²) in [5.74, 6) is -3.01. The first-order valence-electron chi connectivity index (χ1n) is 12.4. The SMILES string of the molecule is CCCCOc1ccc(C2C(C(=O)c3ccc(C)c(F)c3)C(=O)C(=O)N2CCN(CC)CC)cc1. The van der Waals surface area contributed by atoms with Crippen molar-refractivity contribution in [1.29, 1.82) is 0 Å². The summed E-state index contributed by atoms with van der Waals surface area (Å²) in [6, 6.07) is 10.6. The molecule has 1 amide bonds. The molecule has 1 saturated heterocycles. The number of unbranched alkanes of at least 4 members (excludes halogenated alkanes) is 1. The third kappa shape index (κ3) is 5.96. The van der Waals surface area contributed by atoms with E-state index in [0.29, 0.717) is 36.6 Å². The molecule has 7 heteroatoms. The van der Waals surface area contributed by atoms with Crippen LogP contribution in [0.2, 0.25) is 0 Å². The van der Waals surface area contributed by atoms with Gasteiger partial charge in [-0.05, 0) is 55.8 Å². The Hall–Kier alpha value is -3.06. The molecule has 188 valence electrons. The average Bonchev–Trinajstić information content (AvgIpc) is 3.11. The smallest absolute Gasteiger partial charge is 0.291 e. The molecule has 2 aromatic carbocycles. The molecule has 1 fully saturated rings. The maximum atomic E-state index is 14.2. The molecule has 0 N–H and O–H groups in total. The second kappa shape index (κ2) is 12.1. The number of carbonyl (C=O) groups is 3. The highest BCUT2D eigenvalue weighted by atomic mass is 19.1. The predicted molar refractivity (Wildman–Crippen MR) is 133 cm³/mol. The van der Waals surface area contributed by atoms with Gasteiger partial charge in [0.1, 0.15) is 17.5 Å². The number of ketones is 2. The van der Waals surface area contributed by atoms with Crippen LogP contribution in [0.15, 0.2) is 42.5 Å². The first-order chi connectivity index (χ1) is 16.8. The fourth-order valence-corrected chi connectivity index (χ4v) is 4.41. The third-order valence-corrected chi connectivity index (χ3v) is 6.68. The molecule has 1 aliphatic heterocycles. The van der Waals surface area contributed by atoms with E-state index >= 15 is 0 Å². The van der Waals surface area contributed by atoms with E-state index in [4.69, 9.17) is 4.74 Å². The normalized spacial score (nSPS) is 17.9. The molecule has 1 aliphatic rings. The van der Waals surface area contributed by atoms with Crippen molar-refractivity contribution >= 4 is 17.5 Å². The number of amides is 1. The highest BCUT2D eigenvalue weighted by Gasteiger charge is 2.51. The Kier molecular flexibility index (Phi) is 9.15. The number of likely N-dealkylation sites (tertiary alicyclic amines) is 1.